The standard InChI is InChI=1S/C17H21N5O/c1-11-5-6-14-10-18-22(15(14)9-11)8-7-16(23)19-17-12(2)20-21(4)13(17)3/h5-6,9-10H,7-8H2,1-4H3,(H,19,23). The molecule has 0 saturated heterocycles. The lowest BCUT2D eigenvalue weighted by atomic mass is 10.2. The first-order valence-corrected chi connectivity index (χ1v) is 7.68. The van der Waals surface area contributed by atoms with Gasteiger partial charge in [0.1, 0.15) is 0 Å². The molecule has 0 aliphatic heterocycles. The molecule has 23 heavy (non-hydrogen) atoms. The van der Waals surface area contributed by atoms with Crippen molar-refractivity contribution in [2.45, 2.75) is 33.7 Å². The number of aromatic nitrogens is 4. The second-order valence-electron chi connectivity index (χ2n) is 5.90. The first-order chi connectivity index (χ1) is 11.0. The largest absolute Gasteiger partial charge is 0.323 e. The molecule has 6 nitrogen and oxygen atoms in total. The number of nitrogens with one attached hydrogen (secondary N) is 1. The number of hydrogen-bond donors (Lipinski definition) is 1. The van der Waals surface area contributed by atoms with E-state index in [-0.39, 0.29) is 5.91 Å². The van der Waals surface area contributed by atoms with Crippen LogP contribution in [0.25, 0.3) is 10.9 Å². The minimum absolute atomic E-state index is 0.0273. The average Bonchev–Trinajstić information content (AvgIpc) is 3.01. The van der Waals surface area contributed by atoms with Gasteiger partial charge in [-0.25, -0.2) is 0 Å². The second kappa shape index (κ2) is 5.87. The summed E-state index contributed by atoms with van der Waals surface area (Å²) in [6.45, 7) is 6.44. The summed E-state index contributed by atoms with van der Waals surface area (Å²) in [5.41, 5.74) is 4.84. The first kappa shape index (κ1) is 15.3. The Kier molecular flexibility index (Phi) is 3.90. The number of benzene rings is 1. The molecule has 3 aromatic rings. The highest BCUT2D eigenvalue weighted by atomic mass is 16.1. The van der Waals surface area contributed by atoms with Crippen LogP contribution in [0.2, 0.25) is 0 Å². The van der Waals surface area contributed by atoms with Crippen molar-refractivity contribution in [3.63, 3.8) is 0 Å². The topological polar surface area (TPSA) is 64.7 Å². The lowest BCUT2D eigenvalue weighted by Gasteiger charge is -2.07. The fourth-order valence-electron chi connectivity index (χ4n) is 2.72. The smallest absolute Gasteiger partial charge is 0.226 e. The van der Waals surface area contributed by atoms with Crippen LogP contribution in [0.5, 0.6) is 0 Å². The predicted molar refractivity (Wildman–Crippen MR) is 90.4 cm³/mol. The van der Waals surface area contributed by atoms with Crippen molar-refractivity contribution in [2.75, 3.05) is 5.32 Å². The predicted octanol–water partition coefficient (Wildman–Crippen LogP) is 2.72. The van der Waals surface area contributed by atoms with Crippen molar-refractivity contribution >= 4 is 22.5 Å². The molecule has 1 amide bonds. The number of anilines is 1. The Morgan fingerprint density at radius 2 is 2.04 bits per heavy atom. The molecule has 6 heteroatoms. The van der Waals surface area contributed by atoms with Gasteiger partial charge < -0.3 is 5.32 Å². The maximum absolute atomic E-state index is 12.2. The molecule has 0 atom stereocenters. The number of hydrogen-bond acceptors (Lipinski definition) is 3. The second-order valence-corrected chi connectivity index (χ2v) is 5.90. The molecule has 0 radical (unpaired) electrons. The summed E-state index contributed by atoms with van der Waals surface area (Å²) in [7, 11) is 1.87. The highest BCUT2D eigenvalue weighted by molar-refractivity contribution is 5.92. The molecule has 0 saturated carbocycles. The highest BCUT2D eigenvalue weighted by Gasteiger charge is 2.13. The Morgan fingerprint density at radius 3 is 2.74 bits per heavy atom. The summed E-state index contributed by atoms with van der Waals surface area (Å²) in [6, 6.07) is 6.21. The lowest BCUT2D eigenvalue weighted by Crippen LogP contribution is -2.16. The summed E-state index contributed by atoms with van der Waals surface area (Å²) >= 11 is 0. The van der Waals surface area contributed by atoms with Crippen LogP contribution in [0.15, 0.2) is 24.4 Å². The normalized spacial score (nSPS) is 11.1. The average molecular weight is 311 g/mol. The fourth-order valence-corrected chi connectivity index (χ4v) is 2.72. The molecule has 1 aromatic carbocycles. The molecule has 0 aliphatic carbocycles. The van der Waals surface area contributed by atoms with Crippen LogP contribution in [-0.2, 0) is 18.4 Å². The van der Waals surface area contributed by atoms with Crippen LogP contribution in [-0.4, -0.2) is 25.5 Å². The fraction of sp³-hybridized carbons (Fsp3) is 0.353. The van der Waals surface area contributed by atoms with Crippen molar-refractivity contribution in [2.24, 2.45) is 7.05 Å². The summed E-state index contributed by atoms with van der Waals surface area (Å²) in [5, 5.41) is 12.7. The molecule has 0 bridgehead atoms. The van der Waals surface area contributed by atoms with Crippen LogP contribution >= 0.6 is 0 Å². The Balaban J connectivity index is 1.70. The van der Waals surface area contributed by atoms with E-state index < -0.39 is 0 Å². The van der Waals surface area contributed by atoms with Gasteiger partial charge in [-0.05, 0) is 32.4 Å². The summed E-state index contributed by atoms with van der Waals surface area (Å²) < 4.78 is 3.65. The number of carbonyl (C=O) groups excluding carboxylic acids is 1. The SMILES string of the molecule is Cc1ccc2cnn(CCC(=O)Nc3c(C)nn(C)c3C)c2c1. The summed E-state index contributed by atoms with van der Waals surface area (Å²) in [4.78, 5) is 12.2. The number of amides is 1. The third-order valence-corrected chi connectivity index (χ3v) is 4.12. The van der Waals surface area contributed by atoms with Gasteiger partial charge in [0, 0.05) is 18.9 Å². The summed E-state index contributed by atoms with van der Waals surface area (Å²) in [6.07, 6.45) is 2.21. The highest BCUT2D eigenvalue weighted by Crippen LogP contribution is 2.19. The Hall–Kier alpha value is -2.63. The maximum Gasteiger partial charge on any atom is 0.226 e. The Labute approximate surface area is 135 Å². The number of carbonyl (C=O) groups is 1. The van der Waals surface area contributed by atoms with E-state index in [0.29, 0.717) is 13.0 Å². The molecular formula is C17H21N5O. The van der Waals surface area contributed by atoms with Crippen molar-refractivity contribution in [3.05, 3.63) is 41.3 Å². The number of rotatable bonds is 4. The van der Waals surface area contributed by atoms with Crippen molar-refractivity contribution < 1.29 is 4.79 Å². The Bertz CT molecular complexity index is 875. The molecule has 0 fully saturated rings. The number of nitrogens with zero attached hydrogens (tertiary/aromatic N) is 4. The molecule has 3 rings (SSSR count). The lowest BCUT2D eigenvalue weighted by molar-refractivity contribution is -0.116. The minimum atomic E-state index is -0.0273. The van der Waals surface area contributed by atoms with E-state index in [2.05, 4.69) is 40.6 Å². The van der Waals surface area contributed by atoms with E-state index in [4.69, 9.17) is 0 Å². The van der Waals surface area contributed by atoms with Crippen LogP contribution in [0, 0.1) is 20.8 Å². The molecular weight excluding hydrogens is 290 g/mol. The van der Waals surface area contributed by atoms with E-state index in [1.807, 2.05) is 31.8 Å². The van der Waals surface area contributed by atoms with Gasteiger partial charge in [-0.3, -0.25) is 14.2 Å². The van der Waals surface area contributed by atoms with Gasteiger partial charge in [-0.15, -0.1) is 0 Å². The zero-order valence-electron chi connectivity index (χ0n) is 13.9. The third-order valence-electron chi connectivity index (χ3n) is 4.12. The van der Waals surface area contributed by atoms with Gasteiger partial charge >= 0.3 is 0 Å². The van der Waals surface area contributed by atoms with E-state index >= 15 is 0 Å². The molecule has 1 N–H and O–H groups in total. The maximum atomic E-state index is 12.2. The molecule has 0 unspecified atom stereocenters. The van der Waals surface area contributed by atoms with E-state index in [0.717, 1.165) is 28.0 Å². The van der Waals surface area contributed by atoms with Crippen molar-refractivity contribution in [1.29, 1.82) is 0 Å². The van der Waals surface area contributed by atoms with Crippen LogP contribution < -0.4 is 5.32 Å². The van der Waals surface area contributed by atoms with Gasteiger partial charge in [-0.2, -0.15) is 10.2 Å². The van der Waals surface area contributed by atoms with Crippen LogP contribution in [0.3, 0.4) is 0 Å². The van der Waals surface area contributed by atoms with Gasteiger partial charge in [-0.1, -0.05) is 12.1 Å². The van der Waals surface area contributed by atoms with Crippen molar-refractivity contribution in [1.82, 2.24) is 19.6 Å². The van der Waals surface area contributed by atoms with Crippen LogP contribution in [0.1, 0.15) is 23.4 Å². The third kappa shape index (κ3) is 2.97. The minimum Gasteiger partial charge on any atom is -0.323 e. The zero-order valence-corrected chi connectivity index (χ0v) is 13.9. The molecule has 2 aromatic heterocycles. The van der Waals surface area contributed by atoms with Gasteiger partial charge in [0.05, 0.1) is 35.3 Å². The monoisotopic (exact) mass is 311 g/mol. The molecule has 2 heterocycles. The number of fused-ring (bicyclic) bond motifs is 1. The van der Waals surface area contributed by atoms with E-state index in [9.17, 15) is 4.79 Å². The van der Waals surface area contributed by atoms with Gasteiger partial charge in [0.2, 0.25) is 5.91 Å². The first-order valence-electron chi connectivity index (χ1n) is 7.68. The molecule has 0 spiro atoms. The van der Waals surface area contributed by atoms with Gasteiger partial charge in [0.15, 0.2) is 0 Å². The zero-order chi connectivity index (χ0) is 16.6. The number of aryl methyl sites for hydroxylation is 4. The molecule has 0 aliphatic rings. The van der Waals surface area contributed by atoms with E-state index in [1.165, 1.54) is 5.56 Å². The van der Waals surface area contributed by atoms with Crippen LogP contribution in [0.4, 0.5) is 5.69 Å². The quantitative estimate of drug-likeness (QED) is 0.805. The Morgan fingerprint density at radius 1 is 1.26 bits per heavy atom. The van der Waals surface area contributed by atoms with E-state index in [1.54, 1.807) is 4.68 Å². The summed E-state index contributed by atoms with van der Waals surface area (Å²) in [5.74, 6) is -0.0273. The van der Waals surface area contributed by atoms with Gasteiger partial charge in [0.25, 0.3) is 0 Å². The van der Waals surface area contributed by atoms with Crippen molar-refractivity contribution in [3.8, 4) is 0 Å². The molecule has 120 valence electrons.